The van der Waals surface area contributed by atoms with Crippen LogP contribution >= 0.6 is 15.9 Å². The van der Waals surface area contributed by atoms with E-state index in [0.717, 1.165) is 29.0 Å². The van der Waals surface area contributed by atoms with Crippen molar-refractivity contribution < 1.29 is 9.47 Å². The summed E-state index contributed by atoms with van der Waals surface area (Å²) < 4.78 is 11.4. The quantitative estimate of drug-likeness (QED) is 0.727. The van der Waals surface area contributed by atoms with Crippen LogP contribution in [0.3, 0.4) is 0 Å². The van der Waals surface area contributed by atoms with Gasteiger partial charge < -0.3 is 9.47 Å². The van der Waals surface area contributed by atoms with E-state index in [4.69, 9.17) is 9.47 Å². The van der Waals surface area contributed by atoms with Crippen molar-refractivity contribution in [2.45, 2.75) is 31.7 Å². The average molecular weight is 271 g/mol. The first-order chi connectivity index (χ1) is 7.06. The maximum atomic E-state index is 5.97. The van der Waals surface area contributed by atoms with E-state index in [2.05, 4.69) is 35.0 Å². The Balaban J connectivity index is 2.45. The fourth-order valence-corrected chi connectivity index (χ4v) is 1.91. The molecule has 0 aliphatic carbocycles. The molecule has 3 heteroatoms. The van der Waals surface area contributed by atoms with Crippen LogP contribution in [-0.2, 0) is 0 Å². The lowest BCUT2D eigenvalue weighted by Gasteiger charge is -2.34. The van der Waals surface area contributed by atoms with E-state index < -0.39 is 0 Å². The standard InChI is InChI=1S/C12H15BrO2/c1-4-12(13)7-14-10-8(2)5-6-9(3)11(10)15-12/h5-6H,4,7H2,1-3H3/t12-/m0/s1. The van der Waals surface area contributed by atoms with E-state index in [1.165, 1.54) is 0 Å². The molecule has 0 N–H and O–H groups in total. The molecule has 0 saturated carbocycles. The molecule has 0 radical (unpaired) electrons. The largest absolute Gasteiger partial charge is 0.484 e. The Morgan fingerprint density at radius 3 is 2.47 bits per heavy atom. The van der Waals surface area contributed by atoms with Crippen molar-refractivity contribution in [1.82, 2.24) is 0 Å². The van der Waals surface area contributed by atoms with Crippen molar-refractivity contribution in [3.05, 3.63) is 23.3 Å². The van der Waals surface area contributed by atoms with Gasteiger partial charge in [-0.25, -0.2) is 0 Å². The minimum absolute atomic E-state index is 0.363. The van der Waals surface area contributed by atoms with Crippen LogP contribution in [0.1, 0.15) is 24.5 Å². The number of alkyl halides is 1. The lowest BCUT2D eigenvalue weighted by molar-refractivity contribution is 0.0653. The van der Waals surface area contributed by atoms with Crippen LogP contribution in [0.15, 0.2) is 12.1 Å². The molecule has 15 heavy (non-hydrogen) atoms. The summed E-state index contributed by atoms with van der Waals surface area (Å²) in [5, 5.41) is 0. The van der Waals surface area contributed by atoms with E-state index in [0.29, 0.717) is 6.61 Å². The van der Waals surface area contributed by atoms with Gasteiger partial charge in [0, 0.05) is 0 Å². The second-order valence-electron chi connectivity index (χ2n) is 3.98. The van der Waals surface area contributed by atoms with E-state index >= 15 is 0 Å². The van der Waals surface area contributed by atoms with Crippen LogP contribution in [0, 0.1) is 13.8 Å². The molecule has 82 valence electrons. The Morgan fingerprint density at radius 2 is 1.87 bits per heavy atom. The predicted molar refractivity (Wildman–Crippen MR) is 64.0 cm³/mol. The third-order valence-electron chi connectivity index (χ3n) is 2.75. The van der Waals surface area contributed by atoms with E-state index in [-0.39, 0.29) is 4.51 Å². The molecule has 2 nitrogen and oxygen atoms in total. The Labute approximate surface area is 98.7 Å². The van der Waals surface area contributed by atoms with Gasteiger partial charge in [0.25, 0.3) is 0 Å². The Kier molecular flexibility index (Phi) is 2.67. The lowest BCUT2D eigenvalue weighted by atomic mass is 10.1. The zero-order valence-electron chi connectivity index (χ0n) is 9.26. The molecule has 1 aromatic carbocycles. The lowest BCUT2D eigenvalue weighted by Crippen LogP contribution is -2.38. The molecule has 1 atom stereocenters. The minimum atomic E-state index is -0.363. The minimum Gasteiger partial charge on any atom is -0.484 e. The number of rotatable bonds is 1. The van der Waals surface area contributed by atoms with Crippen LogP contribution < -0.4 is 9.47 Å². The van der Waals surface area contributed by atoms with Gasteiger partial charge in [0.1, 0.15) is 6.61 Å². The second-order valence-corrected chi connectivity index (χ2v) is 5.43. The predicted octanol–water partition coefficient (Wildman–Crippen LogP) is 3.58. The van der Waals surface area contributed by atoms with Crippen molar-refractivity contribution >= 4 is 15.9 Å². The molecule has 1 aromatic rings. The fraction of sp³-hybridized carbons (Fsp3) is 0.500. The first-order valence-corrected chi connectivity index (χ1v) is 5.96. The second kappa shape index (κ2) is 3.71. The van der Waals surface area contributed by atoms with Crippen molar-refractivity contribution in [2.24, 2.45) is 0 Å². The van der Waals surface area contributed by atoms with Crippen LogP contribution in [-0.4, -0.2) is 11.1 Å². The summed E-state index contributed by atoms with van der Waals surface area (Å²) in [7, 11) is 0. The van der Waals surface area contributed by atoms with Crippen LogP contribution in [0.5, 0.6) is 11.5 Å². The van der Waals surface area contributed by atoms with Gasteiger partial charge in [0.2, 0.25) is 0 Å². The summed E-state index contributed by atoms with van der Waals surface area (Å²) >= 11 is 3.58. The van der Waals surface area contributed by atoms with Crippen molar-refractivity contribution in [3.63, 3.8) is 0 Å². The number of hydrogen-bond acceptors (Lipinski definition) is 2. The number of ether oxygens (including phenoxy) is 2. The molecule has 1 heterocycles. The molecule has 0 saturated heterocycles. The molecule has 0 bridgehead atoms. The van der Waals surface area contributed by atoms with Crippen molar-refractivity contribution in [1.29, 1.82) is 0 Å². The van der Waals surface area contributed by atoms with Gasteiger partial charge in [-0.2, -0.15) is 0 Å². The van der Waals surface area contributed by atoms with Crippen LogP contribution in [0.25, 0.3) is 0 Å². The van der Waals surface area contributed by atoms with Gasteiger partial charge in [-0.3, -0.25) is 0 Å². The van der Waals surface area contributed by atoms with E-state index in [9.17, 15) is 0 Å². The van der Waals surface area contributed by atoms with Gasteiger partial charge >= 0.3 is 0 Å². The third kappa shape index (κ3) is 1.85. The highest BCUT2D eigenvalue weighted by Gasteiger charge is 2.34. The third-order valence-corrected chi connectivity index (χ3v) is 3.70. The monoisotopic (exact) mass is 270 g/mol. The van der Waals surface area contributed by atoms with Crippen LogP contribution in [0.4, 0.5) is 0 Å². The first-order valence-electron chi connectivity index (χ1n) is 5.16. The molecule has 0 spiro atoms. The van der Waals surface area contributed by atoms with Crippen molar-refractivity contribution in [2.75, 3.05) is 6.61 Å². The molecule has 1 aliphatic rings. The molecule has 0 fully saturated rings. The number of benzene rings is 1. The zero-order valence-corrected chi connectivity index (χ0v) is 10.8. The highest BCUT2D eigenvalue weighted by atomic mass is 79.9. The summed E-state index contributed by atoms with van der Waals surface area (Å²) in [6.45, 7) is 6.71. The van der Waals surface area contributed by atoms with Gasteiger partial charge in [-0.15, -0.1) is 0 Å². The number of fused-ring (bicyclic) bond motifs is 1. The zero-order chi connectivity index (χ0) is 11.1. The Bertz CT molecular complexity index is 389. The molecular weight excluding hydrogens is 256 g/mol. The smallest absolute Gasteiger partial charge is 0.196 e. The highest BCUT2D eigenvalue weighted by molar-refractivity contribution is 9.10. The molecule has 2 rings (SSSR count). The number of aryl methyl sites for hydroxylation is 2. The molecule has 0 amide bonds. The topological polar surface area (TPSA) is 18.5 Å². The van der Waals surface area contributed by atoms with Gasteiger partial charge in [0.15, 0.2) is 16.0 Å². The highest BCUT2D eigenvalue weighted by Crippen LogP contribution is 2.43. The van der Waals surface area contributed by atoms with E-state index in [1.54, 1.807) is 0 Å². The van der Waals surface area contributed by atoms with Crippen molar-refractivity contribution in [3.8, 4) is 11.5 Å². The molecule has 1 aliphatic heterocycles. The average Bonchev–Trinajstić information content (AvgIpc) is 2.24. The summed E-state index contributed by atoms with van der Waals surface area (Å²) in [6.07, 6.45) is 0.875. The first kappa shape index (κ1) is 10.8. The summed E-state index contributed by atoms with van der Waals surface area (Å²) in [6, 6.07) is 4.12. The van der Waals surface area contributed by atoms with E-state index in [1.807, 2.05) is 13.8 Å². The van der Waals surface area contributed by atoms with Gasteiger partial charge in [-0.1, -0.05) is 19.1 Å². The summed E-state index contributed by atoms with van der Waals surface area (Å²) in [5.74, 6) is 1.76. The SMILES string of the molecule is CC[C@@]1(Br)COc2c(C)ccc(C)c2O1. The summed E-state index contributed by atoms with van der Waals surface area (Å²) in [5.41, 5.74) is 2.24. The fourth-order valence-electron chi connectivity index (χ4n) is 1.63. The number of halogens is 1. The van der Waals surface area contributed by atoms with Crippen LogP contribution in [0.2, 0.25) is 0 Å². The van der Waals surface area contributed by atoms with Gasteiger partial charge in [0.05, 0.1) is 0 Å². The number of hydrogen-bond donors (Lipinski definition) is 0. The summed E-state index contributed by atoms with van der Waals surface area (Å²) in [4.78, 5) is 0. The Morgan fingerprint density at radius 1 is 1.27 bits per heavy atom. The maximum absolute atomic E-state index is 5.97. The normalized spacial score (nSPS) is 24.0. The Hall–Kier alpha value is -0.700. The molecule has 0 aromatic heterocycles. The molecular formula is C12H15BrO2. The molecule has 0 unspecified atom stereocenters. The maximum Gasteiger partial charge on any atom is 0.196 e. The van der Waals surface area contributed by atoms with Gasteiger partial charge in [-0.05, 0) is 47.3 Å².